The van der Waals surface area contributed by atoms with E-state index in [9.17, 15) is 4.79 Å². The van der Waals surface area contributed by atoms with E-state index < -0.39 is 5.24 Å². The largest absolute Gasteiger partial charge is 0.276 e. The van der Waals surface area contributed by atoms with Crippen LogP contribution in [0.4, 0.5) is 0 Å². The zero-order valence-corrected chi connectivity index (χ0v) is 11.6. The SMILES string of the molecule is ClCCl.O=C(Cl)c1ccccc1Cl.[Se]. The monoisotopic (exact) mass is 338 g/mol. The van der Waals surface area contributed by atoms with Gasteiger partial charge in [0.05, 0.1) is 15.9 Å². The molecule has 0 atom stereocenters. The number of carbonyl (C=O) groups excluding carboxylic acids is 1. The van der Waals surface area contributed by atoms with Crippen LogP contribution in [0.2, 0.25) is 5.02 Å². The maximum atomic E-state index is 10.5. The van der Waals surface area contributed by atoms with Gasteiger partial charge in [-0.2, -0.15) is 0 Å². The molecule has 0 spiro atoms. The van der Waals surface area contributed by atoms with Crippen LogP contribution in [0.15, 0.2) is 24.3 Å². The summed E-state index contributed by atoms with van der Waals surface area (Å²) in [6.07, 6.45) is 0. The third-order valence-electron chi connectivity index (χ3n) is 1.09. The summed E-state index contributed by atoms with van der Waals surface area (Å²) in [6, 6.07) is 6.65. The molecule has 1 rings (SSSR count). The molecule has 0 saturated heterocycles. The van der Waals surface area contributed by atoms with Crippen molar-refractivity contribution in [1.82, 2.24) is 0 Å². The molecule has 78 valence electrons. The van der Waals surface area contributed by atoms with Gasteiger partial charge in [0.15, 0.2) is 0 Å². The molecule has 1 nitrogen and oxygen atoms in total. The molecule has 0 amide bonds. The van der Waals surface area contributed by atoms with Gasteiger partial charge in [-0.05, 0) is 23.7 Å². The Balaban J connectivity index is 0. The van der Waals surface area contributed by atoms with Crippen molar-refractivity contribution in [3.8, 4) is 0 Å². The maximum Gasteiger partial charge on any atom is 0.253 e. The van der Waals surface area contributed by atoms with Gasteiger partial charge in [-0.25, -0.2) is 0 Å². The molecule has 0 N–H and O–H groups in total. The summed E-state index contributed by atoms with van der Waals surface area (Å²) in [5, 5.41) is 0.0631. The summed E-state index contributed by atoms with van der Waals surface area (Å²) < 4.78 is 0. The van der Waals surface area contributed by atoms with E-state index in [-0.39, 0.29) is 22.4 Å². The average molecular weight is 339 g/mol. The molecule has 0 saturated carbocycles. The van der Waals surface area contributed by atoms with Gasteiger partial charge < -0.3 is 0 Å². The number of halogens is 4. The van der Waals surface area contributed by atoms with Crippen LogP contribution in [-0.2, 0) is 0 Å². The van der Waals surface area contributed by atoms with E-state index >= 15 is 0 Å². The molecule has 0 heterocycles. The van der Waals surface area contributed by atoms with E-state index in [1.807, 2.05) is 0 Å². The topological polar surface area (TPSA) is 17.1 Å². The van der Waals surface area contributed by atoms with Crippen LogP contribution in [0, 0.1) is 0 Å². The van der Waals surface area contributed by atoms with Crippen LogP contribution < -0.4 is 0 Å². The van der Waals surface area contributed by atoms with Gasteiger partial charge in [0.1, 0.15) is 0 Å². The van der Waals surface area contributed by atoms with Crippen LogP contribution in [0.3, 0.4) is 0 Å². The Kier molecular flexibility index (Phi) is 12.2. The first-order chi connectivity index (χ1) is 6.13. The quantitative estimate of drug-likeness (QED) is 0.433. The summed E-state index contributed by atoms with van der Waals surface area (Å²) >= 11 is 20.3. The summed E-state index contributed by atoms with van der Waals surface area (Å²) in [5.74, 6) is 0. The molecule has 6 heteroatoms. The number of benzene rings is 1. The van der Waals surface area contributed by atoms with Crippen molar-refractivity contribution in [3.63, 3.8) is 0 Å². The molecule has 0 aliphatic rings. The molecular weight excluding hydrogens is 333 g/mol. The van der Waals surface area contributed by atoms with E-state index in [4.69, 9.17) is 46.4 Å². The molecule has 0 fully saturated rings. The zero-order valence-electron chi connectivity index (χ0n) is 6.84. The first kappa shape index (κ1) is 17.0. The summed E-state index contributed by atoms with van der Waals surface area (Å²) in [6.45, 7) is 0. The Bertz CT molecular complexity index is 280. The normalized spacial score (nSPS) is 8.00. The molecule has 2 radical (unpaired) electrons. The van der Waals surface area contributed by atoms with Crippen molar-refractivity contribution in [1.29, 1.82) is 0 Å². The first-order valence-corrected chi connectivity index (χ1v) is 5.02. The van der Waals surface area contributed by atoms with E-state index in [1.54, 1.807) is 24.3 Å². The Labute approximate surface area is 113 Å². The summed E-state index contributed by atoms with van der Waals surface area (Å²) in [4.78, 5) is 10.5. The molecular formula is C8H6Cl4OSe. The minimum atomic E-state index is -0.523. The van der Waals surface area contributed by atoms with Crippen LogP contribution in [0.1, 0.15) is 10.4 Å². The van der Waals surface area contributed by atoms with Gasteiger partial charge in [0, 0.05) is 17.1 Å². The van der Waals surface area contributed by atoms with Crippen molar-refractivity contribution < 1.29 is 4.79 Å². The molecule has 1 aromatic carbocycles. The Morgan fingerprint density at radius 2 is 1.64 bits per heavy atom. The van der Waals surface area contributed by atoms with Crippen LogP contribution in [0.25, 0.3) is 0 Å². The molecule has 0 aromatic heterocycles. The first-order valence-electron chi connectivity index (χ1n) is 3.19. The van der Waals surface area contributed by atoms with E-state index in [0.29, 0.717) is 10.6 Å². The van der Waals surface area contributed by atoms with Gasteiger partial charge in [-0.1, -0.05) is 23.7 Å². The summed E-state index contributed by atoms with van der Waals surface area (Å²) in [5.41, 5.74) is 0.353. The van der Waals surface area contributed by atoms with E-state index in [1.165, 1.54) is 0 Å². The molecule has 0 aliphatic carbocycles. The Morgan fingerprint density at radius 1 is 1.21 bits per heavy atom. The third-order valence-corrected chi connectivity index (χ3v) is 1.62. The van der Waals surface area contributed by atoms with Gasteiger partial charge >= 0.3 is 0 Å². The second-order valence-corrected chi connectivity index (χ2v) is 3.41. The summed E-state index contributed by atoms with van der Waals surface area (Å²) in [7, 11) is 0. The number of hydrogen-bond donors (Lipinski definition) is 0. The second kappa shape index (κ2) is 10.1. The fraction of sp³-hybridized carbons (Fsp3) is 0.125. The van der Waals surface area contributed by atoms with Crippen LogP contribution in [-0.4, -0.2) is 27.7 Å². The maximum absolute atomic E-state index is 10.5. The smallest absolute Gasteiger partial charge is 0.253 e. The molecule has 0 aliphatic heterocycles. The molecule has 14 heavy (non-hydrogen) atoms. The molecule has 0 unspecified atom stereocenters. The standard InChI is InChI=1S/C7H4Cl2O.CH2Cl2.Se/c8-6-4-2-1-3-5(6)7(9)10;2-1-3;/h1-4H;1H2;. The Morgan fingerprint density at radius 3 is 1.93 bits per heavy atom. The van der Waals surface area contributed by atoms with Gasteiger partial charge in [-0.15, -0.1) is 23.2 Å². The van der Waals surface area contributed by atoms with Crippen molar-refractivity contribution in [2.24, 2.45) is 0 Å². The van der Waals surface area contributed by atoms with Crippen molar-refractivity contribution in [3.05, 3.63) is 34.9 Å². The van der Waals surface area contributed by atoms with Crippen molar-refractivity contribution in [2.75, 3.05) is 5.34 Å². The number of hydrogen-bond acceptors (Lipinski definition) is 1. The van der Waals surface area contributed by atoms with Crippen LogP contribution >= 0.6 is 46.4 Å². The number of alkyl halides is 2. The zero-order chi connectivity index (χ0) is 10.3. The van der Waals surface area contributed by atoms with Crippen LogP contribution in [0.5, 0.6) is 0 Å². The third kappa shape index (κ3) is 6.94. The molecule has 0 bridgehead atoms. The number of carbonyl (C=O) groups is 1. The second-order valence-electron chi connectivity index (χ2n) is 1.85. The fourth-order valence-corrected chi connectivity index (χ4v) is 1.06. The van der Waals surface area contributed by atoms with Gasteiger partial charge in [-0.3, -0.25) is 4.79 Å². The van der Waals surface area contributed by atoms with E-state index in [2.05, 4.69) is 0 Å². The van der Waals surface area contributed by atoms with Crippen molar-refractivity contribution >= 4 is 68.7 Å². The van der Waals surface area contributed by atoms with E-state index in [0.717, 1.165) is 0 Å². The minimum absolute atomic E-state index is 0. The predicted octanol–water partition coefficient (Wildman–Crippen LogP) is 3.76. The number of rotatable bonds is 1. The average Bonchev–Trinajstić information content (AvgIpc) is 2.06. The van der Waals surface area contributed by atoms with Crippen molar-refractivity contribution in [2.45, 2.75) is 0 Å². The predicted molar refractivity (Wildman–Crippen MR) is 64.0 cm³/mol. The van der Waals surface area contributed by atoms with Gasteiger partial charge in [0.25, 0.3) is 5.24 Å². The fourth-order valence-electron chi connectivity index (χ4n) is 0.621. The van der Waals surface area contributed by atoms with Gasteiger partial charge in [0.2, 0.25) is 0 Å². The Hall–Kier alpha value is 0.569. The minimum Gasteiger partial charge on any atom is -0.276 e. The molecule has 1 aromatic rings.